The molecule has 0 amide bonds. The van der Waals surface area contributed by atoms with Crippen LogP contribution in [-0.4, -0.2) is 30.5 Å². The molecule has 0 fully saturated rings. The first-order chi connectivity index (χ1) is 6.22. The minimum Gasteiger partial charge on any atom is -0.309 e. The summed E-state index contributed by atoms with van der Waals surface area (Å²) in [6, 6.07) is 4.29. The van der Waals surface area contributed by atoms with E-state index in [9.17, 15) is 0 Å². The molecule has 1 aromatic rings. The molecule has 13 heavy (non-hydrogen) atoms. The van der Waals surface area contributed by atoms with Gasteiger partial charge in [0.25, 0.3) is 0 Å². The summed E-state index contributed by atoms with van der Waals surface area (Å²) < 4.78 is 0. The Morgan fingerprint density at radius 3 is 2.54 bits per heavy atom. The molecule has 0 bridgehead atoms. The normalized spacial score (nSPS) is 10.8. The largest absolute Gasteiger partial charge is 0.309 e. The topological polar surface area (TPSA) is 16.1 Å². The van der Waals surface area contributed by atoms with Crippen molar-refractivity contribution in [2.45, 2.75) is 19.8 Å². The number of likely N-dealkylation sites (N-methyl/N-ethyl adjacent to an activating group) is 1. The van der Waals surface area contributed by atoms with Gasteiger partial charge in [0.1, 0.15) is 0 Å². The predicted octanol–water partition coefficient (Wildman–Crippen LogP) is 1.75. The van der Waals surface area contributed by atoms with Crippen LogP contribution in [0.5, 0.6) is 0 Å². The smallest absolute Gasteiger partial charge is 0.0416 e. The lowest BCUT2D eigenvalue weighted by atomic mass is 10.2. The van der Waals surface area contributed by atoms with Crippen molar-refractivity contribution < 1.29 is 0 Å². The lowest BCUT2D eigenvalue weighted by Crippen LogP contribution is -2.15. The fourth-order valence-corrected chi connectivity index (χ4v) is 1.15. The highest BCUT2D eigenvalue weighted by Crippen LogP contribution is 2.01. The molecule has 1 heterocycles. The number of hydrogen-bond acceptors (Lipinski definition) is 2. The molecule has 0 aromatic carbocycles. The van der Waals surface area contributed by atoms with Crippen molar-refractivity contribution in [2.24, 2.45) is 0 Å². The van der Waals surface area contributed by atoms with Gasteiger partial charge in [0.05, 0.1) is 0 Å². The second-order valence-electron chi connectivity index (χ2n) is 3.56. The Balaban J connectivity index is 2.49. The third-order valence-corrected chi connectivity index (χ3v) is 2.11. The van der Waals surface area contributed by atoms with E-state index < -0.39 is 0 Å². The number of aryl methyl sites for hydroxylation is 1. The van der Waals surface area contributed by atoms with Crippen molar-refractivity contribution in [3.8, 4) is 0 Å². The summed E-state index contributed by atoms with van der Waals surface area (Å²) >= 11 is 0. The minimum atomic E-state index is 1.04. The second kappa shape index (κ2) is 4.97. The minimum absolute atomic E-state index is 1.04. The van der Waals surface area contributed by atoms with Crippen LogP contribution in [0.2, 0.25) is 0 Å². The molecule has 0 aliphatic carbocycles. The van der Waals surface area contributed by atoms with E-state index >= 15 is 0 Å². The molecule has 0 saturated heterocycles. The van der Waals surface area contributed by atoms with Crippen LogP contribution in [-0.2, 0) is 12.8 Å². The molecule has 0 spiro atoms. The first-order valence-corrected chi connectivity index (χ1v) is 4.81. The van der Waals surface area contributed by atoms with Crippen molar-refractivity contribution in [3.63, 3.8) is 0 Å². The third-order valence-electron chi connectivity index (χ3n) is 2.11. The molecule has 0 aliphatic heterocycles. The van der Waals surface area contributed by atoms with E-state index in [1.165, 1.54) is 11.3 Å². The van der Waals surface area contributed by atoms with Crippen LogP contribution in [0.15, 0.2) is 18.3 Å². The van der Waals surface area contributed by atoms with Gasteiger partial charge in [0.2, 0.25) is 0 Å². The zero-order valence-electron chi connectivity index (χ0n) is 8.75. The molecule has 0 unspecified atom stereocenters. The van der Waals surface area contributed by atoms with Crippen LogP contribution in [0, 0.1) is 0 Å². The molecule has 0 N–H and O–H groups in total. The molecule has 0 radical (unpaired) electrons. The molecule has 72 valence electrons. The Labute approximate surface area is 80.6 Å². The van der Waals surface area contributed by atoms with Gasteiger partial charge < -0.3 is 4.90 Å². The van der Waals surface area contributed by atoms with E-state index in [-0.39, 0.29) is 0 Å². The van der Waals surface area contributed by atoms with Gasteiger partial charge in [-0.3, -0.25) is 4.98 Å². The molecule has 1 aromatic heterocycles. The van der Waals surface area contributed by atoms with Crippen LogP contribution in [0.1, 0.15) is 18.2 Å². The van der Waals surface area contributed by atoms with E-state index in [0.29, 0.717) is 0 Å². The van der Waals surface area contributed by atoms with E-state index in [1.807, 2.05) is 6.20 Å². The van der Waals surface area contributed by atoms with Gasteiger partial charge in [0.15, 0.2) is 0 Å². The van der Waals surface area contributed by atoms with Crippen molar-refractivity contribution in [1.82, 2.24) is 9.88 Å². The number of pyridine rings is 1. The van der Waals surface area contributed by atoms with E-state index in [2.05, 4.69) is 43.0 Å². The Kier molecular flexibility index (Phi) is 3.90. The van der Waals surface area contributed by atoms with Crippen LogP contribution in [0.25, 0.3) is 0 Å². The first-order valence-electron chi connectivity index (χ1n) is 4.81. The zero-order valence-corrected chi connectivity index (χ0v) is 8.75. The maximum absolute atomic E-state index is 4.39. The molecule has 0 saturated carbocycles. The zero-order chi connectivity index (χ0) is 9.68. The highest BCUT2D eigenvalue weighted by molar-refractivity contribution is 5.13. The average Bonchev–Trinajstić information content (AvgIpc) is 2.15. The molecular formula is C11H18N2. The molecule has 2 heteroatoms. The standard InChI is InChI=1S/C11H18N2/c1-4-10-5-6-11(12-9-10)7-8-13(2)3/h5-6,9H,4,7-8H2,1-3H3. The van der Waals surface area contributed by atoms with E-state index in [1.54, 1.807) is 0 Å². The lowest BCUT2D eigenvalue weighted by Gasteiger charge is -2.08. The number of aromatic nitrogens is 1. The maximum Gasteiger partial charge on any atom is 0.0416 e. The molecule has 0 aliphatic rings. The van der Waals surface area contributed by atoms with Gasteiger partial charge in [-0.1, -0.05) is 13.0 Å². The van der Waals surface area contributed by atoms with Crippen LogP contribution >= 0.6 is 0 Å². The summed E-state index contributed by atoms with van der Waals surface area (Å²) in [5, 5.41) is 0. The van der Waals surface area contributed by atoms with Crippen molar-refractivity contribution in [1.29, 1.82) is 0 Å². The van der Waals surface area contributed by atoms with E-state index in [0.717, 1.165) is 19.4 Å². The van der Waals surface area contributed by atoms with Crippen molar-refractivity contribution in [3.05, 3.63) is 29.6 Å². The van der Waals surface area contributed by atoms with Crippen LogP contribution < -0.4 is 0 Å². The maximum atomic E-state index is 4.39. The lowest BCUT2D eigenvalue weighted by molar-refractivity contribution is 0.412. The monoisotopic (exact) mass is 178 g/mol. The third kappa shape index (κ3) is 3.55. The Morgan fingerprint density at radius 1 is 1.31 bits per heavy atom. The van der Waals surface area contributed by atoms with Crippen molar-refractivity contribution in [2.75, 3.05) is 20.6 Å². The van der Waals surface area contributed by atoms with Gasteiger partial charge in [-0.05, 0) is 32.1 Å². The average molecular weight is 178 g/mol. The van der Waals surface area contributed by atoms with Crippen LogP contribution in [0.3, 0.4) is 0 Å². The number of hydrogen-bond donors (Lipinski definition) is 0. The molecule has 0 atom stereocenters. The van der Waals surface area contributed by atoms with E-state index in [4.69, 9.17) is 0 Å². The highest BCUT2D eigenvalue weighted by Gasteiger charge is 1.96. The molecule has 2 nitrogen and oxygen atoms in total. The Morgan fingerprint density at radius 2 is 2.08 bits per heavy atom. The van der Waals surface area contributed by atoms with Gasteiger partial charge in [-0.2, -0.15) is 0 Å². The van der Waals surface area contributed by atoms with Gasteiger partial charge >= 0.3 is 0 Å². The van der Waals surface area contributed by atoms with Gasteiger partial charge in [-0.25, -0.2) is 0 Å². The summed E-state index contributed by atoms with van der Waals surface area (Å²) in [6.45, 7) is 3.22. The van der Waals surface area contributed by atoms with Crippen molar-refractivity contribution >= 4 is 0 Å². The summed E-state index contributed by atoms with van der Waals surface area (Å²) in [7, 11) is 4.17. The fourth-order valence-electron chi connectivity index (χ4n) is 1.15. The molecular weight excluding hydrogens is 160 g/mol. The summed E-state index contributed by atoms with van der Waals surface area (Å²) in [5.41, 5.74) is 2.50. The fraction of sp³-hybridized carbons (Fsp3) is 0.545. The quantitative estimate of drug-likeness (QED) is 0.698. The Bertz CT molecular complexity index is 239. The highest BCUT2D eigenvalue weighted by atomic mass is 15.0. The number of nitrogens with zero attached hydrogens (tertiary/aromatic N) is 2. The number of rotatable bonds is 4. The van der Waals surface area contributed by atoms with Gasteiger partial charge in [-0.15, -0.1) is 0 Å². The second-order valence-corrected chi connectivity index (χ2v) is 3.56. The van der Waals surface area contributed by atoms with Gasteiger partial charge in [0, 0.05) is 24.9 Å². The predicted molar refractivity (Wildman–Crippen MR) is 55.9 cm³/mol. The summed E-state index contributed by atoms with van der Waals surface area (Å²) in [5.74, 6) is 0. The Hall–Kier alpha value is -0.890. The van der Waals surface area contributed by atoms with Crippen LogP contribution in [0.4, 0.5) is 0 Å². The summed E-state index contributed by atoms with van der Waals surface area (Å²) in [6.07, 6.45) is 4.09. The molecule has 1 rings (SSSR count). The SMILES string of the molecule is CCc1ccc(CCN(C)C)nc1. The first kappa shape index (κ1) is 10.2. The summed E-state index contributed by atoms with van der Waals surface area (Å²) in [4.78, 5) is 6.57.